The maximum absolute atomic E-state index is 13.0. The lowest BCUT2D eigenvalue weighted by Gasteiger charge is -2.30. The Bertz CT molecular complexity index is 1100. The normalized spacial score (nSPS) is 18.5. The first kappa shape index (κ1) is 16.7. The van der Waals surface area contributed by atoms with Gasteiger partial charge in [-0.25, -0.2) is 8.42 Å². The second kappa shape index (κ2) is 6.31. The summed E-state index contributed by atoms with van der Waals surface area (Å²) in [5, 5.41) is 9.58. The first-order chi connectivity index (χ1) is 13.1. The molecule has 0 unspecified atom stereocenters. The molecular formula is C19H20N4O3S. The second-order valence-electron chi connectivity index (χ2n) is 7.10. The molecule has 0 radical (unpaired) electrons. The molecule has 3 aromatic rings. The fourth-order valence-corrected chi connectivity index (χ4v) is 5.46. The fraction of sp³-hybridized carbons (Fsp3) is 0.368. The molecule has 7 nitrogen and oxygen atoms in total. The Balaban J connectivity index is 1.33. The van der Waals surface area contributed by atoms with Crippen LogP contribution in [-0.4, -0.2) is 47.6 Å². The molecule has 0 aliphatic carbocycles. The third-order valence-corrected chi connectivity index (χ3v) is 7.39. The molecule has 2 aliphatic heterocycles. The molecule has 1 saturated heterocycles. The number of aromatic amines is 1. The van der Waals surface area contributed by atoms with Crippen LogP contribution in [0.3, 0.4) is 0 Å². The molecule has 140 valence electrons. The van der Waals surface area contributed by atoms with Gasteiger partial charge in [0.05, 0.1) is 17.2 Å². The van der Waals surface area contributed by atoms with Crippen LogP contribution in [0.15, 0.2) is 41.4 Å². The van der Waals surface area contributed by atoms with E-state index in [1.165, 1.54) is 0 Å². The Kier molecular flexibility index (Phi) is 3.91. The summed E-state index contributed by atoms with van der Waals surface area (Å²) in [6.07, 6.45) is 4.11. The van der Waals surface area contributed by atoms with E-state index in [1.807, 2.05) is 18.3 Å². The van der Waals surface area contributed by atoms with Crippen molar-refractivity contribution in [3.63, 3.8) is 0 Å². The van der Waals surface area contributed by atoms with Crippen molar-refractivity contribution < 1.29 is 13.2 Å². The second-order valence-corrected chi connectivity index (χ2v) is 9.04. The number of benzene rings is 1. The standard InChI is InChI=1S/C19H20N4O3S/c24-27(25,16-1-2-18-14(11-16)6-10-26-18)23-8-4-13(5-9-23)17-12-15-3-7-20-19(15)22-21-17/h1-3,7,11-13H,4-6,8-10H2,(H,20,22). The lowest BCUT2D eigenvalue weighted by Crippen LogP contribution is -2.38. The van der Waals surface area contributed by atoms with Crippen molar-refractivity contribution in [2.75, 3.05) is 19.7 Å². The summed E-state index contributed by atoms with van der Waals surface area (Å²) in [6.45, 7) is 1.61. The van der Waals surface area contributed by atoms with Crippen LogP contribution >= 0.6 is 0 Å². The smallest absolute Gasteiger partial charge is 0.243 e. The molecule has 0 amide bonds. The minimum Gasteiger partial charge on any atom is -0.493 e. The van der Waals surface area contributed by atoms with E-state index < -0.39 is 10.0 Å². The molecule has 1 fully saturated rings. The maximum atomic E-state index is 13.0. The van der Waals surface area contributed by atoms with Crippen molar-refractivity contribution >= 4 is 21.1 Å². The highest BCUT2D eigenvalue weighted by atomic mass is 32.2. The molecule has 1 N–H and O–H groups in total. The van der Waals surface area contributed by atoms with Crippen molar-refractivity contribution in [3.8, 4) is 5.75 Å². The molecule has 5 rings (SSSR count). The first-order valence-corrected chi connectivity index (χ1v) is 10.6. The van der Waals surface area contributed by atoms with E-state index in [0.29, 0.717) is 24.6 Å². The predicted molar refractivity (Wildman–Crippen MR) is 100 cm³/mol. The SMILES string of the molecule is O=S(=O)(c1ccc2c(c1)CCO2)N1CCC(c2cc3cc[nH]c3nn2)CC1. The molecule has 4 heterocycles. The number of nitrogens with one attached hydrogen (secondary N) is 1. The number of hydrogen-bond donors (Lipinski definition) is 1. The predicted octanol–water partition coefficient (Wildman–Crippen LogP) is 2.46. The lowest BCUT2D eigenvalue weighted by atomic mass is 9.94. The molecule has 2 aliphatic rings. The molecule has 27 heavy (non-hydrogen) atoms. The number of piperidine rings is 1. The number of sulfonamides is 1. The van der Waals surface area contributed by atoms with Crippen LogP contribution in [0.4, 0.5) is 0 Å². The summed E-state index contributed by atoms with van der Waals surface area (Å²) >= 11 is 0. The van der Waals surface area contributed by atoms with Crippen LogP contribution in [0.25, 0.3) is 11.0 Å². The van der Waals surface area contributed by atoms with E-state index in [1.54, 1.807) is 22.5 Å². The van der Waals surface area contributed by atoms with Gasteiger partial charge in [-0.05, 0) is 48.7 Å². The number of hydrogen-bond acceptors (Lipinski definition) is 5. The fourth-order valence-electron chi connectivity index (χ4n) is 3.94. The Morgan fingerprint density at radius 2 is 1.96 bits per heavy atom. The van der Waals surface area contributed by atoms with Crippen LogP contribution in [0.2, 0.25) is 0 Å². The molecule has 0 bridgehead atoms. The molecule has 8 heteroatoms. The van der Waals surface area contributed by atoms with Gasteiger partial charge in [0.15, 0.2) is 5.65 Å². The molecule has 0 spiro atoms. The van der Waals surface area contributed by atoms with E-state index in [2.05, 4.69) is 15.2 Å². The van der Waals surface area contributed by atoms with Gasteiger partial charge in [-0.2, -0.15) is 9.40 Å². The van der Waals surface area contributed by atoms with E-state index in [0.717, 1.165) is 47.3 Å². The summed E-state index contributed by atoms with van der Waals surface area (Å²) in [5.41, 5.74) is 2.69. The van der Waals surface area contributed by atoms with Crippen molar-refractivity contribution in [2.45, 2.75) is 30.1 Å². The van der Waals surface area contributed by atoms with Crippen molar-refractivity contribution in [2.24, 2.45) is 0 Å². The van der Waals surface area contributed by atoms with Gasteiger partial charge in [-0.15, -0.1) is 5.10 Å². The Hall–Kier alpha value is -2.45. The zero-order valence-electron chi connectivity index (χ0n) is 14.8. The van der Waals surface area contributed by atoms with E-state index in [-0.39, 0.29) is 5.92 Å². The average Bonchev–Trinajstić information content (AvgIpc) is 3.35. The van der Waals surface area contributed by atoms with Crippen LogP contribution in [0.5, 0.6) is 5.75 Å². The highest BCUT2D eigenvalue weighted by Crippen LogP contribution is 2.33. The quantitative estimate of drug-likeness (QED) is 0.749. The first-order valence-electron chi connectivity index (χ1n) is 9.18. The van der Waals surface area contributed by atoms with Crippen molar-refractivity contribution in [1.82, 2.24) is 19.5 Å². The Morgan fingerprint density at radius 1 is 1.11 bits per heavy atom. The molecule has 0 atom stereocenters. The summed E-state index contributed by atoms with van der Waals surface area (Å²) in [4.78, 5) is 3.40. The average molecular weight is 384 g/mol. The van der Waals surface area contributed by atoms with E-state index in [9.17, 15) is 8.42 Å². The minimum absolute atomic E-state index is 0.233. The van der Waals surface area contributed by atoms with Crippen LogP contribution in [0.1, 0.15) is 30.0 Å². The summed E-state index contributed by atoms with van der Waals surface area (Å²) in [7, 11) is -3.48. The van der Waals surface area contributed by atoms with E-state index in [4.69, 9.17) is 4.74 Å². The zero-order valence-corrected chi connectivity index (χ0v) is 15.6. The Morgan fingerprint density at radius 3 is 2.81 bits per heavy atom. The molecular weight excluding hydrogens is 364 g/mol. The topological polar surface area (TPSA) is 88.2 Å². The molecule has 1 aromatic carbocycles. The summed E-state index contributed by atoms with van der Waals surface area (Å²) in [5.74, 6) is 1.03. The maximum Gasteiger partial charge on any atom is 0.243 e. The minimum atomic E-state index is -3.48. The monoisotopic (exact) mass is 384 g/mol. The van der Waals surface area contributed by atoms with Crippen molar-refractivity contribution in [1.29, 1.82) is 0 Å². The zero-order chi connectivity index (χ0) is 18.4. The van der Waals surface area contributed by atoms with Crippen molar-refractivity contribution in [3.05, 3.63) is 47.8 Å². The number of H-pyrrole nitrogens is 1. The number of fused-ring (bicyclic) bond motifs is 2. The number of rotatable bonds is 3. The van der Waals surface area contributed by atoms with Gasteiger partial charge in [0, 0.05) is 37.0 Å². The third-order valence-electron chi connectivity index (χ3n) is 5.50. The largest absolute Gasteiger partial charge is 0.493 e. The van der Waals surface area contributed by atoms with Gasteiger partial charge in [-0.3, -0.25) is 0 Å². The van der Waals surface area contributed by atoms with Gasteiger partial charge in [0.2, 0.25) is 10.0 Å². The van der Waals surface area contributed by atoms with Gasteiger partial charge < -0.3 is 9.72 Å². The lowest BCUT2D eigenvalue weighted by molar-refractivity contribution is 0.316. The van der Waals surface area contributed by atoms with Crippen LogP contribution in [0, 0.1) is 0 Å². The number of aromatic nitrogens is 3. The Labute approximate surface area is 157 Å². The highest BCUT2D eigenvalue weighted by molar-refractivity contribution is 7.89. The molecule has 2 aromatic heterocycles. The van der Waals surface area contributed by atoms with Gasteiger partial charge in [-0.1, -0.05) is 0 Å². The van der Waals surface area contributed by atoms with E-state index >= 15 is 0 Å². The van der Waals surface area contributed by atoms with Crippen LogP contribution in [-0.2, 0) is 16.4 Å². The van der Waals surface area contributed by atoms with Gasteiger partial charge in [0.1, 0.15) is 5.75 Å². The van der Waals surface area contributed by atoms with Gasteiger partial charge in [0.25, 0.3) is 0 Å². The third kappa shape index (κ3) is 2.89. The van der Waals surface area contributed by atoms with Gasteiger partial charge >= 0.3 is 0 Å². The summed E-state index contributed by atoms with van der Waals surface area (Å²) in [6, 6.07) is 9.20. The molecule has 0 saturated carbocycles. The number of ether oxygens (including phenoxy) is 1. The number of nitrogens with zero attached hydrogens (tertiary/aromatic N) is 3. The van der Waals surface area contributed by atoms with Crippen LogP contribution < -0.4 is 4.74 Å². The highest BCUT2D eigenvalue weighted by Gasteiger charge is 2.31. The summed E-state index contributed by atoms with van der Waals surface area (Å²) < 4.78 is 33.1.